The topological polar surface area (TPSA) is 20.2 Å². The molecule has 112 valence electrons. The zero-order chi connectivity index (χ0) is 14.8. The molecule has 0 saturated heterocycles. The molecule has 0 radical (unpaired) electrons. The van der Waals surface area contributed by atoms with Crippen LogP contribution in [-0.4, -0.2) is 5.11 Å². The van der Waals surface area contributed by atoms with Crippen molar-refractivity contribution in [1.82, 2.24) is 0 Å². The highest BCUT2D eigenvalue weighted by Gasteiger charge is 2.31. The molecule has 2 rings (SSSR count). The average molecular weight is 286 g/mol. The first-order chi connectivity index (χ1) is 9.41. The molecule has 1 saturated carbocycles. The largest absolute Gasteiger partial charge is 0.416 e. The molecule has 0 bridgehead atoms. The van der Waals surface area contributed by atoms with E-state index in [4.69, 9.17) is 0 Å². The third-order valence-electron chi connectivity index (χ3n) is 4.49. The second kappa shape index (κ2) is 6.17. The van der Waals surface area contributed by atoms with Gasteiger partial charge in [0.15, 0.2) is 0 Å². The van der Waals surface area contributed by atoms with E-state index in [2.05, 4.69) is 6.92 Å². The van der Waals surface area contributed by atoms with Crippen molar-refractivity contribution < 1.29 is 18.3 Å². The van der Waals surface area contributed by atoms with Crippen LogP contribution >= 0.6 is 0 Å². The van der Waals surface area contributed by atoms with Crippen LogP contribution in [0, 0.1) is 11.8 Å². The molecule has 1 aliphatic carbocycles. The smallest absolute Gasteiger partial charge is 0.388 e. The van der Waals surface area contributed by atoms with Crippen molar-refractivity contribution in [3.8, 4) is 0 Å². The highest BCUT2D eigenvalue weighted by atomic mass is 19.4. The number of aliphatic hydroxyl groups is 1. The van der Waals surface area contributed by atoms with Gasteiger partial charge in [-0.1, -0.05) is 38.3 Å². The minimum Gasteiger partial charge on any atom is -0.388 e. The Morgan fingerprint density at radius 3 is 2.10 bits per heavy atom. The molecular weight excluding hydrogens is 265 g/mol. The zero-order valence-electron chi connectivity index (χ0n) is 11.7. The molecule has 0 aliphatic heterocycles. The summed E-state index contributed by atoms with van der Waals surface area (Å²) in [6, 6.07) is 4.91. The van der Waals surface area contributed by atoms with Crippen LogP contribution in [0.5, 0.6) is 0 Å². The molecule has 20 heavy (non-hydrogen) atoms. The van der Waals surface area contributed by atoms with Gasteiger partial charge in [0, 0.05) is 0 Å². The molecule has 0 aromatic heterocycles. The number of alkyl halides is 3. The highest BCUT2D eigenvalue weighted by molar-refractivity contribution is 5.26. The molecule has 1 aliphatic rings. The van der Waals surface area contributed by atoms with E-state index >= 15 is 0 Å². The average Bonchev–Trinajstić information content (AvgIpc) is 2.46. The SMILES string of the molecule is CCC1CCC(C(O)c2ccc(C(F)(F)F)cc2)CC1. The van der Waals surface area contributed by atoms with Crippen LogP contribution < -0.4 is 0 Å². The molecule has 0 amide bonds. The maximum absolute atomic E-state index is 12.5. The van der Waals surface area contributed by atoms with Gasteiger partial charge in [0.2, 0.25) is 0 Å². The Morgan fingerprint density at radius 2 is 1.65 bits per heavy atom. The highest BCUT2D eigenvalue weighted by Crippen LogP contribution is 2.38. The molecule has 1 aromatic carbocycles. The maximum atomic E-state index is 12.5. The van der Waals surface area contributed by atoms with Crippen LogP contribution in [0.15, 0.2) is 24.3 Å². The minimum absolute atomic E-state index is 0.175. The summed E-state index contributed by atoms with van der Waals surface area (Å²) in [7, 11) is 0. The summed E-state index contributed by atoms with van der Waals surface area (Å²) in [5.41, 5.74) is -0.0684. The monoisotopic (exact) mass is 286 g/mol. The second-order valence-electron chi connectivity index (χ2n) is 5.75. The van der Waals surface area contributed by atoms with Gasteiger partial charge < -0.3 is 5.11 Å². The van der Waals surface area contributed by atoms with Gasteiger partial charge in [-0.25, -0.2) is 0 Å². The number of benzene rings is 1. The number of rotatable bonds is 3. The molecule has 1 unspecified atom stereocenters. The zero-order valence-corrected chi connectivity index (χ0v) is 11.7. The fraction of sp³-hybridized carbons (Fsp3) is 0.625. The van der Waals surface area contributed by atoms with Gasteiger partial charge in [-0.05, 0) is 42.4 Å². The Balaban J connectivity index is 2.01. The second-order valence-corrected chi connectivity index (χ2v) is 5.75. The van der Waals surface area contributed by atoms with Crippen LogP contribution in [0.3, 0.4) is 0 Å². The van der Waals surface area contributed by atoms with Gasteiger partial charge in [0.25, 0.3) is 0 Å². The Morgan fingerprint density at radius 1 is 1.10 bits per heavy atom. The summed E-state index contributed by atoms with van der Waals surface area (Å²) in [5, 5.41) is 10.3. The van der Waals surface area contributed by atoms with Crippen LogP contribution in [0.25, 0.3) is 0 Å². The predicted molar refractivity (Wildman–Crippen MR) is 72.1 cm³/mol. The van der Waals surface area contributed by atoms with E-state index in [9.17, 15) is 18.3 Å². The van der Waals surface area contributed by atoms with Crippen molar-refractivity contribution in [3.63, 3.8) is 0 Å². The first-order valence-corrected chi connectivity index (χ1v) is 7.27. The van der Waals surface area contributed by atoms with Gasteiger partial charge in [-0.15, -0.1) is 0 Å². The summed E-state index contributed by atoms with van der Waals surface area (Å²) < 4.78 is 37.5. The van der Waals surface area contributed by atoms with E-state index in [0.29, 0.717) is 5.56 Å². The molecule has 1 N–H and O–H groups in total. The van der Waals surface area contributed by atoms with Crippen LogP contribution in [-0.2, 0) is 6.18 Å². The van der Waals surface area contributed by atoms with E-state index in [1.807, 2.05) is 0 Å². The van der Waals surface area contributed by atoms with Crippen molar-refractivity contribution in [2.45, 2.75) is 51.3 Å². The fourth-order valence-corrected chi connectivity index (χ4v) is 3.05. The molecule has 4 heteroatoms. The van der Waals surface area contributed by atoms with Crippen molar-refractivity contribution >= 4 is 0 Å². The Kier molecular flexibility index (Phi) is 4.74. The first-order valence-electron chi connectivity index (χ1n) is 7.27. The standard InChI is InChI=1S/C16H21F3O/c1-2-11-3-5-12(6-4-11)15(20)13-7-9-14(10-8-13)16(17,18)19/h7-12,15,20H,2-6H2,1H3. The van der Waals surface area contributed by atoms with Gasteiger partial charge >= 0.3 is 6.18 Å². The molecule has 0 heterocycles. The number of hydrogen-bond acceptors (Lipinski definition) is 1. The van der Waals surface area contributed by atoms with E-state index in [0.717, 1.165) is 43.7 Å². The van der Waals surface area contributed by atoms with Gasteiger partial charge in [0.1, 0.15) is 0 Å². The van der Waals surface area contributed by atoms with Gasteiger partial charge in [-0.2, -0.15) is 13.2 Å². The third-order valence-corrected chi connectivity index (χ3v) is 4.49. The predicted octanol–water partition coefficient (Wildman–Crippen LogP) is 4.96. The quantitative estimate of drug-likeness (QED) is 0.833. The van der Waals surface area contributed by atoms with Gasteiger partial charge in [-0.3, -0.25) is 0 Å². The van der Waals surface area contributed by atoms with E-state index in [1.165, 1.54) is 18.6 Å². The lowest BCUT2D eigenvalue weighted by atomic mass is 9.77. The Labute approximate surface area is 117 Å². The van der Waals surface area contributed by atoms with E-state index in [1.54, 1.807) is 0 Å². The van der Waals surface area contributed by atoms with Crippen molar-refractivity contribution in [1.29, 1.82) is 0 Å². The molecule has 1 atom stereocenters. The van der Waals surface area contributed by atoms with Crippen LogP contribution in [0.1, 0.15) is 56.3 Å². The van der Waals surface area contributed by atoms with Crippen LogP contribution in [0.2, 0.25) is 0 Å². The normalized spacial score (nSPS) is 25.4. The Bertz CT molecular complexity index is 416. The van der Waals surface area contributed by atoms with Crippen molar-refractivity contribution in [2.24, 2.45) is 11.8 Å². The summed E-state index contributed by atoms with van der Waals surface area (Å²) in [4.78, 5) is 0. The lowest BCUT2D eigenvalue weighted by Gasteiger charge is -2.31. The molecule has 1 fully saturated rings. The fourth-order valence-electron chi connectivity index (χ4n) is 3.05. The van der Waals surface area contributed by atoms with E-state index in [-0.39, 0.29) is 5.92 Å². The Hall–Kier alpha value is -1.03. The lowest BCUT2D eigenvalue weighted by Crippen LogP contribution is -2.20. The number of halogens is 3. The summed E-state index contributed by atoms with van der Waals surface area (Å²) in [6.07, 6.45) is 0.348. The molecule has 1 nitrogen and oxygen atoms in total. The van der Waals surface area contributed by atoms with Crippen molar-refractivity contribution in [3.05, 3.63) is 35.4 Å². The summed E-state index contributed by atoms with van der Waals surface area (Å²) >= 11 is 0. The van der Waals surface area contributed by atoms with Crippen LogP contribution in [0.4, 0.5) is 13.2 Å². The van der Waals surface area contributed by atoms with Gasteiger partial charge in [0.05, 0.1) is 11.7 Å². The molecule has 1 aromatic rings. The maximum Gasteiger partial charge on any atom is 0.416 e. The van der Waals surface area contributed by atoms with E-state index < -0.39 is 17.8 Å². The molecular formula is C16H21F3O. The van der Waals surface area contributed by atoms with Crippen molar-refractivity contribution in [2.75, 3.05) is 0 Å². The summed E-state index contributed by atoms with van der Waals surface area (Å²) in [6.45, 7) is 2.18. The number of hydrogen-bond donors (Lipinski definition) is 1. The lowest BCUT2D eigenvalue weighted by molar-refractivity contribution is -0.137. The third kappa shape index (κ3) is 3.54. The first kappa shape index (κ1) is 15.4. The summed E-state index contributed by atoms with van der Waals surface area (Å²) in [5.74, 6) is 0.917. The minimum atomic E-state index is -4.32. The molecule has 0 spiro atoms. The number of aliphatic hydroxyl groups excluding tert-OH is 1.